The highest BCUT2D eigenvalue weighted by Crippen LogP contribution is 2.17. The monoisotopic (exact) mass is 228 g/mol. The Balaban J connectivity index is 2.16. The molecule has 0 unspecified atom stereocenters. The van der Waals surface area contributed by atoms with Crippen LogP contribution in [0.25, 0.3) is 10.9 Å². The largest absolute Gasteiger partial charge is 0.291 e. The Morgan fingerprint density at radius 1 is 1.25 bits per heavy atom. The molecule has 2 aromatic heterocycles. The Labute approximate surface area is 96.0 Å². The molecule has 16 heavy (non-hydrogen) atoms. The minimum absolute atomic E-state index is 0.0730. The molecule has 0 atom stereocenters. The SMILES string of the molecule is O=C(c1nccs1)n1ccc2ccccc21. The number of para-hydroxylation sites is 1. The number of carbonyl (C=O) groups is 1. The van der Waals surface area contributed by atoms with E-state index in [1.807, 2.05) is 30.3 Å². The topological polar surface area (TPSA) is 34.9 Å². The van der Waals surface area contributed by atoms with Crippen LogP contribution in [0, 0.1) is 0 Å². The number of carbonyl (C=O) groups excluding carboxylic acids is 1. The van der Waals surface area contributed by atoms with Gasteiger partial charge in [-0.1, -0.05) is 18.2 Å². The number of thiazole rings is 1. The van der Waals surface area contributed by atoms with E-state index >= 15 is 0 Å². The van der Waals surface area contributed by atoms with Gasteiger partial charge in [-0.2, -0.15) is 0 Å². The van der Waals surface area contributed by atoms with Crippen LogP contribution < -0.4 is 0 Å². The highest BCUT2D eigenvalue weighted by molar-refractivity contribution is 7.11. The molecule has 3 aromatic rings. The van der Waals surface area contributed by atoms with E-state index in [1.54, 1.807) is 22.3 Å². The molecule has 78 valence electrons. The number of rotatable bonds is 1. The standard InChI is InChI=1S/C12H8N2OS/c15-12(11-13-6-8-16-11)14-7-5-9-3-1-2-4-10(9)14/h1-8H. The van der Waals surface area contributed by atoms with Crippen molar-refractivity contribution in [3.05, 3.63) is 53.1 Å². The van der Waals surface area contributed by atoms with Crippen molar-refractivity contribution in [2.45, 2.75) is 0 Å². The van der Waals surface area contributed by atoms with Gasteiger partial charge in [0, 0.05) is 23.2 Å². The van der Waals surface area contributed by atoms with Crippen LogP contribution in [-0.4, -0.2) is 15.5 Å². The first-order valence-electron chi connectivity index (χ1n) is 4.86. The third-order valence-electron chi connectivity index (χ3n) is 2.43. The van der Waals surface area contributed by atoms with Gasteiger partial charge in [0.15, 0.2) is 5.01 Å². The van der Waals surface area contributed by atoms with E-state index < -0.39 is 0 Å². The predicted octanol–water partition coefficient (Wildman–Crippen LogP) is 2.79. The Morgan fingerprint density at radius 3 is 2.94 bits per heavy atom. The lowest BCUT2D eigenvalue weighted by atomic mass is 10.2. The third kappa shape index (κ3) is 1.35. The maximum atomic E-state index is 12.1. The van der Waals surface area contributed by atoms with Crippen LogP contribution in [-0.2, 0) is 0 Å². The van der Waals surface area contributed by atoms with Gasteiger partial charge in [-0.15, -0.1) is 11.3 Å². The summed E-state index contributed by atoms with van der Waals surface area (Å²) in [5.74, 6) is -0.0730. The zero-order chi connectivity index (χ0) is 11.0. The van der Waals surface area contributed by atoms with Gasteiger partial charge in [0.2, 0.25) is 0 Å². The molecule has 0 bridgehead atoms. The van der Waals surface area contributed by atoms with E-state index in [4.69, 9.17) is 0 Å². The summed E-state index contributed by atoms with van der Waals surface area (Å²) in [6.45, 7) is 0. The van der Waals surface area contributed by atoms with Crippen molar-refractivity contribution in [3.8, 4) is 0 Å². The van der Waals surface area contributed by atoms with E-state index in [2.05, 4.69) is 4.98 Å². The summed E-state index contributed by atoms with van der Waals surface area (Å²) in [5.41, 5.74) is 0.919. The zero-order valence-corrected chi connectivity index (χ0v) is 9.15. The number of benzene rings is 1. The highest BCUT2D eigenvalue weighted by Gasteiger charge is 2.12. The molecular weight excluding hydrogens is 220 g/mol. The Hall–Kier alpha value is -1.94. The second kappa shape index (κ2) is 3.57. The van der Waals surface area contributed by atoms with E-state index in [9.17, 15) is 4.79 Å². The first-order valence-corrected chi connectivity index (χ1v) is 5.74. The molecule has 0 fully saturated rings. The summed E-state index contributed by atoms with van der Waals surface area (Å²) in [6.07, 6.45) is 3.43. The summed E-state index contributed by atoms with van der Waals surface area (Å²) >= 11 is 1.36. The van der Waals surface area contributed by atoms with Gasteiger partial charge in [0.05, 0.1) is 5.52 Å². The molecule has 3 nitrogen and oxygen atoms in total. The van der Waals surface area contributed by atoms with Crippen molar-refractivity contribution in [3.63, 3.8) is 0 Å². The molecule has 3 rings (SSSR count). The summed E-state index contributed by atoms with van der Waals surface area (Å²) < 4.78 is 1.63. The molecule has 0 aliphatic rings. The average Bonchev–Trinajstić information content (AvgIpc) is 2.98. The number of hydrogen-bond acceptors (Lipinski definition) is 3. The molecule has 0 radical (unpaired) electrons. The molecular formula is C12H8N2OS. The fourth-order valence-corrected chi connectivity index (χ4v) is 2.26. The fourth-order valence-electron chi connectivity index (χ4n) is 1.69. The molecule has 2 heterocycles. The Kier molecular flexibility index (Phi) is 2.08. The van der Waals surface area contributed by atoms with Crippen molar-refractivity contribution in [2.75, 3.05) is 0 Å². The van der Waals surface area contributed by atoms with E-state index in [1.165, 1.54) is 11.3 Å². The minimum Gasteiger partial charge on any atom is -0.281 e. The van der Waals surface area contributed by atoms with E-state index in [-0.39, 0.29) is 5.91 Å². The molecule has 0 saturated heterocycles. The van der Waals surface area contributed by atoms with Gasteiger partial charge in [-0.25, -0.2) is 4.98 Å². The average molecular weight is 228 g/mol. The number of aromatic nitrogens is 2. The number of fused-ring (bicyclic) bond motifs is 1. The Morgan fingerprint density at radius 2 is 2.12 bits per heavy atom. The molecule has 0 aliphatic carbocycles. The maximum absolute atomic E-state index is 12.1. The first kappa shape index (κ1) is 9.30. The lowest BCUT2D eigenvalue weighted by Crippen LogP contribution is -2.09. The van der Waals surface area contributed by atoms with Gasteiger partial charge < -0.3 is 0 Å². The van der Waals surface area contributed by atoms with Gasteiger partial charge in [-0.3, -0.25) is 9.36 Å². The van der Waals surface area contributed by atoms with Crippen LogP contribution in [0.4, 0.5) is 0 Å². The minimum atomic E-state index is -0.0730. The van der Waals surface area contributed by atoms with Crippen LogP contribution in [0.2, 0.25) is 0 Å². The van der Waals surface area contributed by atoms with Crippen molar-refractivity contribution in [1.29, 1.82) is 0 Å². The molecule has 1 aromatic carbocycles. The van der Waals surface area contributed by atoms with Gasteiger partial charge in [-0.05, 0) is 12.1 Å². The quantitative estimate of drug-likeness (QED) is 0.642. The van der Waals surface area contributed by atoms with Crippen molar-refractivity contribution < 1.29 is 4.79 Å². The first-order chi connectivity index (χ1) is 7.86. The normalized spacial score (nSPS) is 10.8. The van der Waals surface area contributed by atoms with Crippen LogP contribution in [0.15, 0.2) is 48.1 Å². The summed E-state index contributed by atoms with van der Waals surface area (Å²) in [4.78, 5) is 16.1. The van der Waals surface area contributed by atoms with Crippen molar-refractivity contribution in [2.24, 2.45) is 0 Å². The van der Waals surface area contributed by atoms with Crippen LogP contribution in [0.5, 0.6) is 0 Å². The molecule has 4 heteroatoms. The van der Waals surface area contributed by atoms with E-state index in [0.29, 0.717) is 5.01 Å². The zero-order valence-electron chi connectivity index (χ0n) is 8.33. The number of nitrogens with zero attached hydrogens (tertiary/aromatic N) is 2. The van der Waals surface area contributed by atoms with Crippen LogP contribution in [0.1, 0.15) is 9.80 Å². The van der Waals surface area contributed by atoms with Gasteiger partial charge in [0.25, 0.3) is 5.91 Å². The molecule has 0 amide bonds. The van der Waals surface area contributed by atoms with Crippen LogP contribution in [0.3, 0.4) is 0 Å². The fraction of sp³-hybridized carbons (Fsp3) is 0. The summed E-state index contributed by atoms with van der Waals surface area (Å²) in [6, 6.07) is 9.73. The lowest BCUT2D eigenvalue weighted by molar-refractivity contribution is 0.0964. The van der Waals surface area contributed by atoms with Gasteiger partial charge in [0.1, 0.15) is 0 Å². The van der Waals surface area contributed by atoms with E-state index in [0.717, 1.165) is 10.9 Å². The maximum Gasteiger partial charge on any atom is 0.291 e. The summed E-state index contributed by atoms with van der Waals surface area (Å²) in [5, 5.41) is 3.38. The smallest absolute Gasteiger partial charge is 0.281 e. The predicted molar refractivity (Wildman–Crippen MR) is 63.8 cm³/mol. The number of hydrogen-bond donors (Lipinski definition) is 0. The van der Waals surface area contributed by atoms with Crippen LogP contribution >= 0.6 is 11.3 Å². The van der Waals surface area contributed by atoms with Gasteiger partial charge >= 0.3 is 0 Å². The second-order valence-electron chi connectivity index (χ2n) is 3.39. The third-order valence-corrected chi connectivity index (χ3v) is 3.19. The van der Waals surface area contributed by atoms with Crippen molar-refractivity contribution >= 4 is 28.1 Å². The molecule has 0 saturated carbocycles. The summed E-state index contributed by atoms with van der Waals surface area (Å²) in [7, 11) is 0. The lowest BCUT2D eigenvalue weighted by Gasteiger charge is -2.00. The second-order valence-corrected chi connectivity index (χ2v) is 4.28. The van der Waals surface area contributed by atoms with Crippen molar-refractivity contribution in [1.82, 2.24) is 9.55 Å². The molecule has 0 N–H and O–H groups in total. The highest BCUT2D eigenvalue weighted by atomic mass is 32.1. The Bertz CT molecular complexity index is 640. The molecule has 0 spiro atoms. The molecule has 0 aliphatic heterocycles.